The highest BCUT2D eigenvalue weighted by Gasteiger charge is 2.18. The van der Waals surface area contributed by atoms with E-state index in [0.717, 1.165) is 31.2 Å². The molecule has 8 nitrogen and oxygen atoms in total. The third kappa shape index (κ3) is 4.73. The number of carbonyl (C=O) groups excluding carboxylic acids is 2. The number of urea groups is 1. The minimum atomic E-state index is -0.434. The molecule has 0 spiro atoms. The fraction of sp³-hybridized carbons (Fsp3) is 0.333. The van der Waals surface area contributed by atoms with Crippen LogP contribution in [0.15, 0.2) is 42.5 Å². The molecule has 1 fully saturated rings. The van der Waals surface area contributed by atoms with Gasteiger partial charge in [-0.15, -0.1) is 5.10 Å². The van der Waals surface area contributed by atoms with Crippen molar-refractivity contribution in [3.05, 3.63) is 53.8 Å². The van der Waals surface area contributed by atoms with Gasteiger partial charge in [0, 0.05) is 23.8 Å². The molecule has 1 aliphatic carbocycles. The summed E-state index contributed by atoms with van der Waals surface area (Å²) in [6.45, 7) is 0.713. The number of halogens is 1. The van der Waals surface area contributed by atoms with Crippen LogP contribution < -0.4 is 16.0 Å². The summed E-state index contributed by atoms with van der Waals surface area (Å²) in [5.74, 6) is -0.507. The Balaban J connectivity index is 1.32. The third-order valence-corrected chi connectivity index (χ3v) is 5.16. The highest BCUT2D eigenvalue weighted by Crippen LogP contribution is 2.19. The standard InChI is InChI=1S/C21H23FN6O2/c22-15-4-3-7-17(13-15)25-21(30)23-10-11-28-19-9-8-14(12-18(19)26-27-28)20(29)24-16-5-1-2-6-16/h3-4,7-9,12-13,16H,1-2,5-6,10-11H2,(H,24,29)(H2,23,25,30). The van der Waals surface area contributed by atoms with Crippen molar-refractivity contribution in [3.63, 3.8) is 0 Å². The van der Waals surface area contributed by atoms with Gasteiger partial charge in [-0.05, 0) is 49.2 Å². The third-order valence-electron chi connectivity index (χ3n) is 5.16. The van der Waals surface area contributed by atoms with Crippen LogP contribution in [-0.2, 0) is 6.54 Å². The Labute approximate surface area is 172 Å². The van der Waals surface area contributed by atoms with Crippen molar-refractivity contribution in [2.24, 2.45) is 0 Å². The zero-order chi connectivity index (χ0) is 20.9. The van der Waals surface area contributed by atoms with Crippen LogP contribution in [0.25, 0.3) is 11.0 Å². The van der Waals surface area contributed by atoms with Gasteiger partial charge in [0.2, 0.25) is 0 Å². The van der Waals surface area contributed by atoms with E-state index < -0.39 is 11.8 Å². The van der Waals surface area contributed by atoms with Gasteiger partial charge in [0.05, 0.1) is 12.1 Å². The van der Waals surface area contributed by atoms with Crippen LogP contribution >= 0.6 is 0 Å². The molecule has 4 rings (SSSR count). The van der Waals surface area contributed by atoms with E-state index in [1.807, 2.05) is 6.07 Å². The molecule has 0 bridgehead atoms. The van der Waals surface area contributed by atoms with Gasteiger partial charge < -0.3 is 16.0 Å². The van der Waals surface area contributed by atoms with Gasteiger partial charge in [0.25, 0.3) is 5.91 Å². The molecule has 0 radical (unpaired) electrons. The van der Waals surface area contributed by atoms with E-state index in [-0.39, 0.29) is 11.9 Å². The Morgan fingerprint density at radius 3 is 2.77 bits per heavy atom. The van der Waals surface area contributed by atoms with Crippen molar-refractivity contribution in [2.45, 2.75) is 38.3 Å². The van der Waals surface area contributed by atoms with Crippen LogP contribution in [0.5, 0.6) is 0 Å². The largest absolute Gasteiger partial charge is 0.349 e. The Hall–Kier alpha value is -3.49. The molecule has 0 saturated heterocycles. The van der Waals surface area contributed by atoms with Gasteiger partial charge in [-0.25, -0.2) is 13.9 Å². The van der Waals surface area contributed by atoms with E-state index >= 15 is 0 Å². The first kappa shape index (κ1) is 19.8. The summed E-state index contributed by atoms with van der Waals surface area (Å²) in [5, 5.41) is 16.6. The lowest BCUT2D eigenvalue weighted by molar-refractivity contribution is 0.0938. The van der Waals surface area contributed by atoms with Crippen molar-refractivity contribution in [3.8, 4) is 0 Å². The SMILES string of the molecule is O=C(NCCn1nnc2cc(C(=O)NC3CCCC3)ccc21)Nc1cccc(F)c1. The van der Waals surface area contributed by atoms with Crippen LogP contribution in [0.1, 0.15) is 36.0 Å². The number of rotatable bonds is 6. The fourth-order valence-electron chi connectivity index (χ4n) is 3.63. The molecule has 30 heavy (non-hydrogen) atoms. The molecule has 3 N–H and O–H groups in total. The van der Waals surface area contributed by atoms with Gasteiger partial charge in [0.1, 0.15) is 11.3 Å². The second kappa shape index (κ2) is 8.89. The Kier molecular flexibility index (Phi) is 5.87. The van der Waals surface area contributed by atoms with Gasteiger partial charge in [-0.2, -0.15) is 0 Å². The minimum absolute atomic E-state index is 0.0889. The number of amides is 3. The molecule has 3 amide bonds. The van der Waals surface area contributed by atoms with Crippen molar-refractivity contribution in [1.29, 1.82) is 0 Å². The highest BCUT2D eigenvalue weighted by molar-refractivity contribution is 5.97. The number of anilines is 1. The normalized spacial score (nSPS) is 14.0. The maximum Gasteiger partial charge on any atom is 0.319 e. The zero-order valence-corrected chi connectivity index (χ0v) is 16.4. The topological polar surface area (TPSA) is 101 Å². The Morgan fingerprint density at radius 2 is 1.97 bits per heavy atom. The van der Waals surface area contributed by atoms with Gasteiger partial charge >= 0.3 is 6.03 Å². The van der Waals surface area contributed by atoms with E-state index in [2.05, 4.69) is 26.3 Å². The monoisotopic (exact) mass is 410 g/mol. The molecular formula is C21H23FN6O2. The van der Waals surface area contributed by atoms with Crippen molar-refractivity contribution >= 4 is 28.7 Å². The van der Waals surface area contributed by atoms with Crippen molar-refractivity contribution in [1.82, 2.24) is 25.6 Å². The summed E-state index contributed by atoms with van der Waals surface area (Å²) >= 11 is 0. The first-order valence-corrected chi connectivity index (χ1v) is 10.0. The van der Waals surface area contributed by atoms with Crippen LogP contribution in [-0.4, -0.2) is 39.5 Å². The van der Waals surface area contributed by atoms with Gasteiger partial charge in [-0.3, -0.25) is 4.79 Å². The van der Waals surface area contributed by atoms with E-state index in [1.165, 1.54) is 18.2 Å². The van der Waals surface area contributed by atoms with Crippen molar-refractivity contribution in [2.75, 3.05) is 11.9 Å². The number of nitrogens with one attached hydrogen (secondary N) is 3. The number of nitrogens with zero attached hydrogens (tertiary/aromatic N) is 3. The van der Waals surface area contributed by atoms with Crippen LogP contribution in [0.2, 0.25) is 0 Å². The molecule has 0 atom stereocenters. The average molecular weight is 410 g/mol. The Bertz CT molecular complexity index is 1060. The fourth-order valence-corrected chi connectivity index (χ4v) is 3.63. The maximum absolute atomic E-state index is 13.2. The average Bonchev–Trinajstić information content (AvgIpc) is 3.37. The van der Waals surface area contributed by atoms with Gasteiger partial charge in [0.15, 0.2) is 0 Å². The molecule has 0 aliphatic heterocycles. The first-order valence-electron chi connectivity index (χ1n) is 10.0. The predicted molar refractivity (Wildman–Crippen MR) is 111 cm³/mol. The molecular weight excluding hydrogens is 387 g/mol. The summed E-state index contributed by atoms with van der Waals surface area (Å²) < 4.78 is 14.8. The van der Waals surface area contributed by atoms with Crippen LogP contribution in [0, 0.1) is 5.82 Å². The van der Waals surface area contributed by atoms with Crippen molar-refractivity contribution < 1.29 is 14.0 Å². The summed E-state index contributed by atoms with van der Waals surface area (Å²) in [5.41, 5.74) is 2.34. The molecule has 2 aromatic carbocycles. The first-order chi connectivity index (χ1) is 14.6. The lowest BCUT2D eigenvalue weighted by atomic mass is 10.1. The van der Waals surface area contributed by atoms with Crippen LogP contribution in [0.3, 0.4) is 0 Å². The molecule has 1 aliphatic rings. The smallest absolute Gasteiger partial charge is 0.319 e. The lowest BCUT2D eigenvalue weighted by Crippen LogP contribution is -2.32. The molecule has 0 unspecified atom stereocenters. The minimum Gasteiger partial charge on any atom is -0.349 e. The van der Waals surface area contributed by atoms with E-state index in [4.69, 9.17) is 0 Å². The number of aromatic nitrogens is 3. The van der Waals surface area contributed by atoms with Crippen LogP contribution in [0.4, 0.5) is 14.9 Å². The number of hydrogen-bond acceptors (Lipinski definition) is 4. The van der Waals surface area contributed by atoms with Gasteiger partial charge in [-0.1, -0.05) is 24.1 Å². The number of benzene rings is 2. The molecule has 1 aromatic heterocycles. The maximum atomic E-state index is 13.2. The highest BCUT2D eigenvalue weighted by atomic mass is 19.1. The molecule has 156 valence electrons. The Morgan fingerprint density at radius 1 is 1.13 bits per heavy atom. The van der Waals surface area contributed by atoms with E-state index in [0.29, 0.717) is 29.9 Å². The second-order valence-corrected chi connectivity index (χ2v) is 7.36. The lowest BCUT2D eigenvalue weighted by Gasteiger charge is -2.11. The summed E-state index contributed by atoms with van der Waals surface area (Å²) in [6, 6.07) is 10.8. The van der Waals surface area contributed by atoms with E-state index in [1.54, 1.807) is 22.9 Å². The quantitative estimate of drug-likeness (QED) is 0.581. The molecule has 9 heteroatoms. The molecule has 3 aromatic rings. The molecule has 1 heterocycles. The number of hydrogen-bond donors (Lipinski definition) is 3. The second-order valence-electron chi connectivity index (χ2n) is 7.36. The number of carbonyl (C=O) groups is 2. The summed E-state index contributed by atoms with van der Waals surface area (Å²) in [6.07, 6.45) is 4.38. The predicted octanol–water partition coefficient (Wildman–Crippen LogP) is 3.06. The van der Waals surface area contributed by atoms with E-state index in [9.17, 15) is 14.0 Å². The summed E-state index contributed by atoms with van der Waals surface area (Å²) in [7, 11) is 0. The summed E-state index contributed by atoms with van der Waals surface area (Å²) in [4.78, 5) is 24.4. The molecule has 1 saturated carbocycles. The number of fused-ring (bicyclic) bond motifs is 1. The zero-order valence-electron chi connectivity index (χ0n) is 16.4.